The molecular weight excluding hydrogens is 175 g/mol. The van der Waals surface area contributed by atoms with Gasteiger partial charge in [-0.15, -0.1) is 24.8 Å². The van der Waals surface area contributed by atoms with Crippen LogP contribution in [0.5, 0.6) is 0 Å². The fourth-order valence-electron chi connectivity index (χ4n) is 0.766. The molecule has 0 radical (unpaired) electrons. The Bertz CT molecular complexity index is 110. The number of carbonyl (C=O) groups is 1. The van der Waals surface area contributed by atoms with Gasteiger partial charge >= 0.3 is 0 Å². The Morgan fingerprint density at radius 1 is 1.50 bits per heavy atom. The predicted octanol–water partition coefficient (Wildman–Crippen LogP) is -0.108. The van der Waals surface area contributed by atoms with Gasteiger partial charge in [-0.05, 0) is 7.05 Å². The maximum atomic E-state index is 10.5. The largest absolute Gasteiger partial charge is 0.354 e. The number of amides is 1. The monoisotopic (exact) mass is 186 g/mol. The molecule has 1 fully saturated rings. The molecule has 1 aliphatic heterocycles. The average molecular weight is 187 g/mol. The first kappa shape index (κ1) is 12.7. The maximum Gasteiger partial charge on any atom is 0.234 e. The van der Waals surface area contributed by atoms with Crippen molar-refractivity contribution in [1.82, 2.24) is 10.2 Å². The number of hydrogen-bond donors (Lipinski definition) is 1. The number of piperazine rings is 1. The van der Waals surface area contributed by atoms with Crippen LogP contribution in [-0.2, 0) is 4.79 Å². The van der Waals surface area contributed by atoms with Crippen LogP contribution in [0.25, 0.3) is 0 Å². The highest BCUT2D eigenvalue weighted by molar-refractivity contribution is 5.85. The molecular formula is C5H12Cl2N2O. The Kier molecular flexibility index (Phi) is 7.31. The first-order valence-electron chi connectivity index (χ1n) is 2.74. The number of nitrogens with one attached hydrogen (secondary N) is 1. The van der Waals surface area contributed by atoms with Gasteiger partial charge in [0.1, 0.15) is 0 Å². The Balaban J connectivity index is 0. The molecule has 0 unspecified atom stereocenters. The van der Waals surface area contributed by atoms with Crippen LogP contribution >= 0.6 is 24.8 Å². The summed E-state index contributed by atoms with van der Waals surface area (Å²) in [5, 5.41) is 2.73. The minimum atomic E-state index is 0. The Morgan fingerprint density at radius 3 is 2.40 bits per heavy atom. The van der Waals surface area contributed by atoms with Gasteiger partial charge in [0.05, 0.1) is 6.54 Å². The Morgan fingerprint density at radius 2 is 2.10 bits per heavy atom. The van der Waals surface area contributed by atoms with Gasteiger partial charge in [-0.2, -0.15) is 0 Å². The van der Waals surface area contributed by atoms with Crippen molar-refractivity contribution in [2.75, 3.05) is 26.7 Å². The maximum absolute atomic E-state index is 10.5. The molecule has 0 aromatic rings. The fourth-order valence-corrected chi connectivity index (χ4v) is 0.766. The summed E-state index contributed by atoms with van der Waals surface area (Å²) in [6, 6.07) is 0. The summed E-state index contributed by atoms with van der Waals surface area (Å²) >= 11 is 0. The molecule has 0 aliphatic carbocycles. The lowest BCUT2D eigenvalue weighted by molar-refractivity contribution is -0.123. The smallest absolute Gasteiger partial charge is 0.234 e. The SMILES string of the molecule is CN1CCNC(=O)C1.Cl.Cl. The molecule has 62 valence electrons. The molecule has 10 heavy (non-hydrogen) atoms. The predicted molar refractivity (Wildman–Crippen MR) is 45.0 cm³/mol. The van der Waals surface area contributed by atoms with E-state index in [9.17, 15) is 4.79 Å². The lowest BCUT2D eigenvalue weighted by Gasteiger charge is -2.21. The van der Waals surface area contributed by atoms with Gasteiger partial charge < -0.3 is 5.32 Å². The minimum Gasteiger partial charge on any atom is -0.354 e. The first-order chi connectivity index (χ1) is 3.79. The molecule has 0 spiro atoms. The highest BCUT2D eigenvalue weighted by Gasteiger charge is 2.10. The number of carbonyl (C=O) groups excluding carboxylic acids is 1. The summed E-state index contributed by atoms with van der Waals surface area (Å²) in [5.74, 6) is 0.138. The van der Waals surface area contributed by atoms with E-state index in [0.717, 1.165) is 13.1 Å². The van der Waals surface area contributed by atoms with Crippen LogP contribution in [-0.4, -0.2) is 37.5 Å². The molecule has 0 aromatic heterocycles. The summed E-state index contributed by atoms with van der Waals surface area (Å²) in [5.41, 5.74) is 0. The Hall–Kier alpha value is 0.01000. The highest BCUT2D eigenvalue weighted by Crippen LogP contribution is 1.85. The molecule has 1 aliphatic rings. The Labute approximate surface area is 73.0 Å². The van der Waals surface area contributed by atoms with Gasteiger partial charge in [0.15, 0.2) is 0 Å². The topological polar surface area (TPSA) is 32.3 Å². The summed E-state index contributed by atoms with van der Waals surface area (Å²) in [6.07, 6.45) is 0. The standard InChI is InChI=1S/C5H10N2O.2ClH/c1-7-3-2-6-5(8)4-7;;/h2-4H2,1H3,(H,6,8);2*1H. The first-order valence-corrected chi connectivity index (χ1v) is 2.74. The van der Waals surface area contributed by atoms with Gasteiger partial charge in [0.2, 0.25) is 5.91 Å². The van der Waals surface area contributed by atoms with E-state index in [1.807, 2.05) is 11.9 Å². The van der Waals surface area contributed by atoms with Crippen LogP contribution < -0.4 is 5.32 Å². The van der Waals surface area contributed by atoms with Gasteiger partial charge in [-0.3, -0.25) is 9.69 Å². The molecule has 0 atom stereocenters. The lowest BCUT2D eigenvalue weighted by atomic mass is 10.4. The number of nitrogens with zero attached hydrogens (tertiary/aromatic N) is 1. The zero-order valence-corrected chi connectivity index (χ0v) is 7.43. The molecule has 0 saturated carbocycles. The molecule has 5 heteroatoms. The molecule has 1 N–H and O–H groups in total. The van der Waals surface area contributed by atoms with E-state index in [4.69, 9.17) is 0 Å². The third-order valence-corrected chi connectivity index (χ3v) is 1.23. The van der Waals surface area contributed by atoms with Crippen molar-refractivity contribution in [3.8, 4) is 0 Å². The second kappa shape index (κ2) is 5.77. The van der Waals surface area contributed by atoms with Gasteiger partial charge in [-0.25, -0.2) is 0 Å². The van der Waals surface area contributed by atoms with Crippen molar-refractivity contribution in [2.45, 2.75) is 0 Å². The van der Waals surface area contributed by atoms with Crippen LogP contribution in [0.3, 0.4) is 0 Å². The molecule has 0 bridgehead atoms. The summed E-state index contributed by atoms with van der Waals surface area (Å²) in [7, 11) is 1.94. The van der Waals surface area contributed by atoms with Crippen LogP contribution in [0.15, 0.2) is 0 Å². The van der Waals surface area contributed by atoms with E-state index < -0.39 is 0 Å². The summed E-state index contributed by atoms with van der Waals surface area (Å²) < 4.78 is 0. The van der Waals surface area contributed by atoms with E-state index in [-0.39, 0.29) is 30.7 Å². The van der Waals surface area contributed by atoms with Gasteiger partial charge in [0.25, 0.3) is 0 Å². The zero-order valence-electron chi connectivity index (χ0n) is 5.79. The van der Waals surface area contributed by atoms with Gasteiger partial charge in [-0.1, -0.05) is 0 Å². The van der Waals surface area contributed by atoms with Gasteiger partial charge in [0, 0.05) is 13.1 Å². The highest BCUT2D eigenvalue weighted by atomic mass is 35.5. The molecule has 1 saturated heterocycles. The van der Waals surface area contributed by atoms with Crippen molar-refractivity contribution < 1.29 is 4.79 Å². The summed E-state index contributed by atoms with van der Waals surface area (Å²) in [6.45, 7) is 2.33. The van der Waals surface area contributed by atoms with Crippen LogP contribution in [0, 0.1) is 0 Å². The third-order valence-electron chi connectivity index (χ3n) is 1.23. The van der Waals surface area contributed by atoms with Crippen molar-refractivity contribution >= 4 is 30.7 Å². The second-order valence-corrected chi connectivity index (χ2v) is 2.09. The summed E-state index contributed by atoms with van der Waals surface area (Å²) in [4.78, 5) is 12.5. The molecule has 1 amide bonds. The van der Waals surface area contributed by atoms with E-state index in [0.29, 0.717) is 6.54 Å². The van der Waals surface area contributed by atoms with Crippen LogP contribution in [0.2, 0.25) is 0 Å². The molecule has 1 heterocycles. The average Bonchev–Trinajstić information content (AvgIpc) is 1.64. The van der Waals surface area contributed by atoms with Crippen molar-refractivity contribution in [3.63, 3.8) is 0 Å². The van der Waals surface area contributed by atoms with E-state index >= 15 is 0 Å². The van der Waals surface area contributed by atoms with Crippen molar-refractivity contribution in [2.24, 2.45) is 0 Å². The van der Waals surface area contributed by atoms with E-state index in [2.05, 4.69) is 5.32 Å². The van der Waals surface area contributed by atoms with Crippen molar-refractivity contribution in [3.05, 3.63) is 0 Å². The third kappa shape index (κ3) is 3.93. The zero-order chi connectivity index (χ0) is 5.98. The molecule has 3 nitrogen and oxygen atoms in total. The van der Waals surface area contributed by atoms with Crippen LogP contribution in [0.4, 0.5) is 0 Å². The molecule has 0 aromatic carbocycles. The van der Waals surface area contributed by atoms with E-state index in [1.54, 1.807) is 0 Å². The number of rotatable bonds is 0. The quantitative estimate of drug-likeness (QED) is 0.573. The molecule has 1 rings (SSSR count). The number of likely N-dealkylation sites (N-methyl/N-ethyl adjacent to an activating group) is 1. The normalized spacial score (nSPS) is 18.3. The second-order valence-electron chi connectivity index (χ2n) is 2.09. The lowest BCUT2D eigenvalue weighted by Crippen LogP contribution is -2.45. The fraction of sp³-hybridized carbons (Fsp3) is 0.800. The van der Waals surface area contributed by atoms with Crippen molar-refractivity contribution in [1.29, 1.82) is 0 Å². The van der Waals surface area contributed by atoms with Crippen LogP contribution in [0.1, 0.15) is 0 Å². The van der Waals surface area contributed by atoms with E-state index in [1.165, 1.54) is 0 Å². The number of halogens is 2. The number of hydrogen-bond acceptors (Lipinski definition) is 2. The minimum absolute atomic E-state index is 0.